The number of carbonyl (C=O) groups excluding carboxylic acids is 2. The van der Waals surface area contributed by atoms with Gasteiger partial charge < -0.3 is 10.2 Å². The number of rotatable bonds is 4. The minimum absolute atomic E-state index is 0.200. The molecule has 0 spiro atoms. The van der Waals surface area contributed by atoms with Gasteiger partial charge >= 0.3 is 6.18 Å². The molecule has 1 fully saturated rings. The van der Waals surface area contributed by atoms with Gasteiger partial charge in [0.05, 0.1) is 28.5 Å². The number of aromatic nitrogens is 4. The Labute approximate surface area is 221 Å². The molecule has 0 radical (unpaired) electrons. The molecule has 8 nitrogen and oxygen atoms in total. The first-order valence-corrected chi connectivity index (χ1v) is 12.2. The van der Waals surface area contributed by atoms with Gasteiger partial charge in [-0.15, -0.1) is 0 Å². The van der Waals surface area contributed by atoms with E-state index in [-0.39, 0.29) is 23.3 Å². The molecule has 1 N–H and O–H groups in total. The predicted molar refractivity (Wildman–Crippen MR) is 137 cm³/mol. The normalized spacial score (nSPS) is 15.2. The molecular formula is C28H23F3N6O2. The second-order valence-electron chi connectivity index (χ2n) is 9.04. The molecule has 1 saturated heterocycles. The second-order valence-corrected chi connectivity index (χ2v) is 9.04. The van der Waals surface area contributed by atoms with Crippen molar-refractivity contribution < 1.29 is 22.8 Å². The van der Waals surface area contributed by atoms with Crippen LogP contribution in [0.3, 0.4) is 0 Å². The Balaban J connectivity index is 1.46. The summed E-state index contributed by atoms with van der Waals surface area (Å²) in [7, 11) is 0. The highest BCUT2D eigenvalue weighted by Gasteiger charge is 2.34. The minimum atomic E-state index is -4.55. The molecule has 0 unspecified atom stereocenters. The summed E-state index contributed by atoms with van der Waals surface area (Å²) in [5, 5.41) is 2.41. The average Bonchev–Trinajstić information content (AvgIpc) is 3.54. The van der Waals surface area contributed by atoms with Crippen molar-refractivity contribution >= 4 is 23.1 Å². The molecule has 2 amide bonds. The Kier molecular flexibility index (Phi) is 6.78. The number of likely N-dealkylation sites (tertiary alicyclic amines) is 1. The van der Waals surface area contributed by atoms with E-state index in [2.05, 4.69) is 27.1 Å². The highest BCUT2D eigenvalue weighted by Crippen LogP contribution is 2.36. The van der Waals surface area contributed by atoms with Crippen LogP contribution in [0.25, 0.3) is 16.8 Å². The van der Waals surface area contributed by atoms with Crippen LogP contribution in [-0.2, 0) is 11.0 Å². The number of amides is 2. The first-order valence-electron chi connectivity index (χ1n) is 12.2. The molecule has 0 saturated carbocycles. The van der Waals surface area contributed by atoms with Crippen molar-refractivity contribution in [3.8, 4) is 23.1 Å². The van der Waals surface area contributed by atoms with Crippen LogP contribution in [-0.4, -0.2) is 42.6 Å². The van der Waals surface area contributed by atoms with Gasteiger partial charge in [-0.05, 0) is 56.9 Å². The lowest BCUT2D eigenvalue weighted by Gasteiger charge is -2.21. The number of aryl methyl sites for hydroxylation is 1. The van der Waals surface area contributed by atoms with Crippen molar-refractivity contribution in [2.75, 3.05) is 11.9 Å². The average molecular weight is 533 g/mol. The molecule has 4 aromatic rings. The van der Waals surface area contributed by atoms with Gasteiger partial charge in [-0.25, -0.2) is 9.97 Å². The summed E-state index contributed by atoms with van der Waals surface area (Å²) >= 11 is 0. The van der Waals surface area contributed by atoms with Crippen LogP contribution >= 0.6 is 0 Å². The molecule has 0 aliphatic carbocycles. The molecule has 1 aromatic carbocycles. The Morgan fingerprint density at radius 3 is 2.59 bits per heavy atom. The van der Waals surface area contributed by atoms with E-state index in [0.29, 0.717) is 23.6 Å². The van der Waals surface area contributed by atoms with Gasteiger partial charge in [-0.2, -0.15) is 13.2 Å². The number of fused-ring (bicyclic) bond motifs is 1. The van der Waals surface area contributed by atoms with E-state index >= 15 is 0 Å². The third kappa shape index (κ3) is 5.05. The number of alkyl halides is 3. The topological polar surface area (TPSA) is 92.5 Å². The maximum Gasteiger partial charge on any atom is 0.416 e. The van der Waals surface area contributed by atoms with Gasteiger partial charge in [0.2, 0.25) is 0 Å². The fourth-order valence-electron chi connectivity index (χ4n) is 4.76. The number of nitrogens with one attached hydrogen (secondary N) is 1. The smallest absolute Gasteiger partial charge is 0.322 e. The maximum atomic E-state index is 13.0. The fraction of sp³-hybridized carbons (Fsp3) is 0.250. The lowest BCUT2D eigenvalue weighted by molar-refractivity contribution is -0.137. The van der Waals surface area contributed by atoms with Gasteiger partial charge in [0.25, 0.3) is 11.8 Å². The number of pyridine rings is 1. The summed E-state index contributed by atoms with van der Waals surface area (Å²) in [5.74, 6) is 4.95. The standard InChI is InChI=1S/C28H23F3N6O2/c1-3-5-23(38)36-14-4-6-21(36)26-35-24(25-17(2)32-13-15-37(25)26)18-7-9-19(10-8-18)27(39)34-22-16-20(11-12-33-22)28(29,30)31/h7-13,15-16,21H,4,6,14H2,1-2H3,(H,33,34,39)/t21-/m0/s1. The SMILES string of the molecule is CC#CC(=O)N1CCC[C@H]1c1nc(-c2ccc(C(=O)Nc3cc(C(F)(F)F)ccn3)cc2)c2c(C)nccn12. The van der Waals surface area contributed by atoms with Crippen molar-refractivity contribution in [1.29, 1.82) is 0 Å². The largest absolute Gasteiger partial charge is 0.416 e. The Bertz CT molecular complexity index is 1630. The lowest BCUT2D eigenvalue weighted by Crippen LogP contribution is -2.30. The van der Waals surface area contributed by atoms with Crippen LogP contribution < -0.4 is 5.32 Å². The number of hydrogen-bond donors (Lipinski definition) is 1. The Morgan fingerprint density at radius 1 is 1.10 bits per heavy atom. The van der Waals surface area contributed by atoms with Crippen LogP contribution in [0, 0.1) is 18.8 Å². The number of halogens is 3. The second kappa shape index (κ2) is 10.2. The molecule has 5 rings (SSSR count). The van der Waals surface area contributed by atoms with Crippen LogP contribution in [0.1, 0.15) is 53.2 Å². The molecule has 4 heterocycles. The van der Waals surface area contributed by atoms with E-state index in [0.717, 1.165) is 42.4 Å². The first-order chi connectivity index (χ1) is 18.7. The fourth-order valence-corrected chi connectivity index (χ4v) is 4.76. The zero-order valence-corrected chi connectivity index (χ0v) is 21.1. The molecule has 39 heavy (non-hydrogen) atoms. The lowest BCUT2D eigenvalue weighted by atomic mass is 10.1. The number of hydrogen-bond acceptors (Lipinski definition) is 5. The maximum absolute atomic E-state index is 13.0. The third-order valence-corrected chi connectivity index (χ3v) is 6.56. The van der Waals surface area contributed by atoms with Gasteiger partial charge in [0, 0.05) is 36.3 Å². The molecule has 1 atom stereocenters. The number of anilines is 1. The van der Waals surface area contributed by atoms with Crippen LogP contribution in [0.15, 0.2) is 55.0 Å². The molecule has 198 valence electrons. The third-order valence-electron chi connectivity index (χ3n) is 6.56. The van der Waals surface area contributed by atoms with E-state index in [1.165, 1.54) is 0 Å². The van der Waals surface area contributed by atoms with Crippen molar-refractivity contribution in [1.82, 2.24) is 24.3 Å². The number of imidazole rings is 1. The van der Waals surface area contributed by atoms with Crippen molar-refractivity contribution in [3.63, 3.8) is 0 Å². The summed E-state index contributed by atoms with van der Waals surface area (Å²) in [6, 6.07) is 7.94. The summed E-state index contributed by atoms with van der Waals surface area (Å²) in [5.41, 5.74) is 2.21. The number of benzene rings is 1. The molecular weight excluding hydrogens is 509 g/mol. The molecule has 11 heteroatoms. The Hall–Kier alpha value is -4.72. The minimum Gasteiger partial charge on any atom is -0.322 e. The van der Waals surface area contributed by atoms with Gasteiger partial charge in [0.15, 0.2) is 0 Å². The van der Waals surface area contributed by atoms with Gasteiger partial charge in [0.1, 0.15) is 11.6 Å². The molecule has 1 aliphatic rings. The summed E-state index contributed by atoms with van der Waals surface area (Å²) < 4.78 is 40.9. The highest BCUT2D eigenvalue weighted by atomic mass is 19.4. The monoisotopic (exact) mass is 532 g/mol. The van der Waals surface area contributed by atoms with Gasteiger partial charge in [-0.1, -0.05) is 18.1 Å². The zero-order valence-electron chi connectivity index (χ0n) is 21.1. The van der Waals surface area contributed by atoms with Gasteiger partial charge in [-0.3, -0.25) is 19.0 Å². The van der Waals surface area contributed by atoms with E-state index < -0.39 is 17.6 Å². The summed E-state index contributed by atoms with van der Waals surface area (Å²) in [4.78, 5) is 40.2. The molecule has 3 aromatic heterocycles. The quantitative estimate of drug-likeness (QED) is 0.371. The van der Waals surface area contributed by atoms with Crippen molar-refractivity contribution in [2.24, 2.45) is 0 Å². The number of carbonyl (C=O) groups is 2. The van der Waals surface area contributed by atoms with Crippen molar-refractivity contribution in [3.05, 3.63) is 77.6 Å². The van der Waals surface area contributed by atoms with E-state index in [1.807, 2.05) is 17.5 Å². The number of nitrogens with zero attached hydrogens (tertiary/aromatic N) is 5. The summed E-state index contributed by atoms with van der Waals surface area (Å²) in [6.45, 7) is 4.09. The molecule has 1 aliphatic heterocycles. The first kappa shape index (κ1) is 25.9. The van der Waals surface area contributed by atoms with Crippen LogP contribution in [0.4, 0.5) is 19.0 Å². The summed E-state index contributed by atoms with van der Waals surface area (Å²) in [6.07, 6.45) is 1.52. The molecule has 0 bridgehead atoms. The van der Waals surface area contributed by atoms with Crippen molar-refractivity contribution in [2.45, 2.75) is 38.9 Å². The van der Waals surface area contributed by atoms with Crippen LogP contribution in [0.5, 0.6) is 0 Å². The highest BCUT2D eigenvalue weighted by molar-refractivity contribution is 6.04. The van der Waals surface area contributed by atoms with E-state index in [1.54, 1.807) is 42.3 Å². The van der Waals surface area contributed by atoms with E-state index in [4.69, 9.17) is 4.98 Å². The van der Waals surface area contributed by atoms with E-state index in [9.17, 15) is 22.8 Å². The Morgan fingerprint density at radius 2 is 1.87 bits per heavy atom. The van der Waals surface area contributed by atoms with Crippen LogP contribution in [0.2, 0.25) is 0 Å². The predicted octanol–water partition coefficient (Wildman–Crippen LogP) is 5.06. The zero-order chi connectivity index (χ0) is 27.7.